The minimum absolute atomic E-state index is 0.0905. The molecule has 0 spiro atoms. The lowest BCUT2D eigenvalue weighted by Gasteiger charge is -2.28. The number of hydrogen-bond donors (Lipinski definition) is 1. The van der Waals surface area contributed by atoms with Crippen molar-refractivity contribution >= 4 is 21.9 Å². The second-order valence-electron chi connectivity index (χ2n) is 6.49. The molecule has 0 aliphatic heterocycles. The highest BCUT2D eigenvalue weighted by Gasteiger charge is 2.46. The Hall–Kier alpha value is -1.88. The zero-order chi connectivity index (χ0) is 16.1. The van der Waals surface area contributed by atoms with Crippen molar-refractivity contribution < 1.29 is 0 Å². The van der Waals surface area contributed by atoms with Crippen LogP contribution in [0.25, 0.3) is 0 Å². The Labute approximate surface area is 143 Å². The molecule has 2 bridgehead atoms. The van der Waals surface area contributed by atoms with Crippen LogP contribution in [0.2, 0.25) is 0 Å². The monoisotopic (exact) mass is 371 g/mol. The van der Waals surface area contributed by atoms with Crippen LogP contribution in [0.3, 0.4) is 0 Å². The molecule has 118 valence electrons. The number of halogens is 1. The summed E-state index contributed by atoms with van der Waals surface area (Å²) < 4.78 is 2.47. The van der Waals surface area contributed by atoms with Gasteiger partial charge in [0.1, 0.15) is 0 Å². The molecule has 4 rings (SSSR count). The molecular weight excluding hydrogens is 354 g/mol. The zero-order valence-electron chi connectivity index (χ0n) is 12.8. The fraction of sp³-hybridized carbons (Fsp3) is 0.333. The van der Waals surface area contributed by atoms with Gasteiger partial charge >= 0.3 is 0 Å². The molecule has 1 heterocycles. The second-order valence-corrected chi connectivity index (χ2v) is 7.41. The number of fused-ring (bicyclic) bond motifs is 2. The van der Waals surface area contributed by atoms with E-state index in [2.05, 4.69) is 51.3 Å². The maximum absolute atomic E-state index is 12.1. The van der Waals surface area contributed by atoms with E-state index in [0.717, 1.165) is 16.6 Å². The van der Waals surface area contributed by atoms with Crippen molar-refractivity contribution in [2.45, 2.75) is 18.3 Å². The normalized spacial score (nSPS) is 28.4. The van der Waals surface area contributed by atoms with Gasteiger partial charge in [-0.1, -0.05) is 40.2 Å². The van der Waals surface area contributed by atoms with E-state index in [1.807, 2.05) is 6.07 Å². The molecular formula is C18H18BrN3O. The molecule has 1 aromatic heterocycles. The van der Waals surface area contributed by atoms with E-state index >= 15 is 0 Å². The van der Waals surface area contributed by atoms with Crippen LogP contribution in [-0.2, 0) is 7.05 Å². The van der Waals surface area contributed by atoms with Gasteiger partial charge in [0.05, 0.1) is 5.69 Å². The minimum Gasteiger partial charge on any atom is -0.369 e. The largest absolute Gasteiger partial charge is 0.369 e. The number of benzene rings is 1. The van der Waals surface area contributed by atoms with E-state index in [4.69, 9.17) is 5.73 Å². The quantitative estimate of drug-likeness (QED) is 0.824. The van der Waals surface area contributed by atoms with Crippen LogP contribution in [0.5, 0.6) is 0 Å². The summed E-state index contributed by atoms with van der Waals surface area (Å²) in [5.41, 5.74) is 7.95. The summed E-state index contributed by atoms with van der Waals surface area (Å²) in [5.74, 6) is 1.79. The van der Waals surface area contributed by atoms with Crippen LogP contribution in [-0.4, -0.2) is 9.55 Å². The number of rotatable bonds is 2. The highest BCUT2D eigenvalue weighted by atomic mass is 79.9. The van der Waals surface area contributed by atoms with Crippen molar-refractivity contribution in [3.8, 4) is 0 Å². The lowest BCUT2D eigenvalue weighted by atomic mass is 9.77. The molecule has 4 atom stereocenters. The Morgan fingerprint density at radius 3 is 2.65 bits per heavy atom. The Balaban J connectivity index is 1.83. The first kappa shape index (κ1) is 14.7. The van der Waals surface area contributed by atoms with Gasteiger partial charge in [-0.25, -0.2) is 4.98 Å². The molecule has 2 aromatic rings. The summed E-state index contributed by atoms with van der Waals surface area (Å²) in [6.07, 6.45) is 5.72. The fourth-order valence-corrected chi connectivity index (χ4v) is 4.56. The standard InChI is InChI=1S/C18H18BrN3O/c1-22-15(23)9-14(21-18(22)20)17-12-6-5-11(7-12)16(17)10-3-2-4-13(19)8-10/h2-6,8-9,11-12,16-17H,7H2,1H3,(H2,20,21)/t11?,12?,16-,17+/m1/s1. The molecule has 5 heteroatoms. The molecule has 0 amide bonds. The van der Waals surface area contributed by atoms with E-state index in [1.165, 1.54) is 10.1 Å². The molecule has 2 N–H and O–H groups in total. The number of nitrogens with two attached hydrogens (primary N) is 1. The second kappa shape index (κ2) is 5.34. The fourth-order valence-electron chi connectivity index (χ4n) is 4.14. The summed E-state index contributed by atoms with van der Waals surface area (Å²) in [7, 11) is 1.65. The molecule has 0 radical (unpaired) electrons. The Bertz CT molecular complexity index is 858. The van der Waals surface area contributed by atoms with Gasteiger partial charge in [-0.15, -0.1) is 0 Å². The predicted octanol–water partition coefficient (Wildman–Crippen LogP) is 3.20. The molecule has 1 aromatic carbocycles. The first-order valence-electron chi connectivity index (χ1n) is 7.82. The third kappa shape index (κ3) is 2.34. The number of nitrogen functional groups attached to an aromatic ring is 1. The Morgan fingerprint density at radius 2 is 1.96 bits per heavy atom. The van der Waals surface area contributed by atoms with E-state index in [-0.39, 0.29) is 17.4 Å². The van der Waals surface area contributed by atoms with Crippen LogP contribution in [0.15, 0.2) is 51.8 Å². The van der Waals surface area contributed by atoms with Gasteiger partial charge in [-0.3, -0.25) is 9.36 Å². The third-order valence-electron chi connectivity index (χ3n) is 5.22. The van der Waals surface area contributed by atoms with Crippen molar-refractivity contribution in [1.82, 2.24) is 9.55 Å². The molecule has 2 aliphatic rings. The van der Waals surface area contributed by atoms with Crippen molar-refractivity contribution in [1.29, 1.82) is 0 Å². The van der Waals surface area contributed by atoms with E-state index in [1.54, 1.807) is 13.1 Å². The van der Waals surface area contributed by atoms with Gasteiger partial charge in [0.25, 0.3) is 5.56 Å². The smallest absolute Gasteiger partial charge is 0.254 e. The van der Waals surface area contributed by atoms with Crippen LogP contribution >= 0.6 is 15.9 Å². The first-order valence-corrected chi connectivity index (χ1v) is 8.61. The maximum atomic E-state index is 12.1. The molecule has 2 aliphatic carbocycles. The number of anilines is 1. The first-order chi connectivity index (χ1) is 11.0. The summed E-state index contributed by atoms with van der Waals surface area (Å²) in [6, 6.07) is 10.1. The lowest BCUT2D eigenvalue weighted by Crippen LogP contribution is -2.25. The van der Waals surface area contributed by atoms with Crippen LogP contribution in [0, 0.1) is 11.8 Å². The summed E-state index contributed by atoms with van der Waals surface area (Å²) in [6.45, 7) is 0. The summed E-state index contributed by atoms with van der Waals surface area (Å²) in [5, 5.41) is 0. The zero-order valence-corrected chi connectivity index (χ0v) is 14.4. The van der Waals surface area contributed by atoms with E-state index in [0.29, 0.717) is 17.8 Å². The van der Waals surface area contributed by atoms with Crippen molar-refractivity contribution in [3.63, 3.8) is 0 Å². The molecule has 1 saturated carbocycles. The van der Waals surface area contributed by atoms with Crippen molar-refractivity contribution in [2.24, 2.45) is 18.9 Å². The molecule has 4 nitrogen and oxygen atoms in total. The number of hydrogen-bond acceptors (Lipinski definition) is 3. The topological polar surface area (TPSA) is 60.9 Å². The van der Waals surface area contributed by atoms with Crippen molar-refractivity contribution in [2.75, 3.05) is 5.73 Å². The number of aromatic nitrogens is 2. The average molecular weight is 372 g/mol. The van der Waals surface area contributed by atoms with Gasteiger partial charge in [0.2, 0.25) is 5.95 Å². The minimum atomic E-state index is -0.0905. The number of allylic oxidation sites excluding steroid dienone is 2. The Kier molecular flexibility index (Phi) is 3.41. The number of nitrogens with zero attached hydrogens (tertiary/aromatic N) is 2. The van der Waals surface area contributed by atoms with E-state index < -0.39 is 0 Å². The maximum Gasteiger partial charge on any atom is 0.254 e. The van der Waals surface area contributed by atoms with Crippen LogP contribution in [0.4, 0.5) is 5.95 Å². The van der Waals surface area contributed by atoms with Gasteiger partial charge in [-0.05, 0) is 41.9 Å². The van der Waals surface area contributed by atoms with Gasteiger partial charge in [-0.2, -0.15) is 0 Å². The van der Waals surface area contributed by atoms with Crippen molar-refractivity contribution in [3.05, 3.63) is 68.6 Å². The van der Waals surface area contributed by atoms with Gasteiger partial charge in [0.15, 0.2) is 0 Å². The summed E-state index contributed by atoms with van der Waals surface area (Å²) in [4.78, 5) is 16.7. The predicted molar refractivity (Wildman–Crippen MR) is 94.3 cm³/mol. The molecule has 2 unspecified atom stereocenters. The highest BCUT2D eigenvalue weighted by Crippen LogP contribution is 2.57. The highest BCUT2D eigenvalue weighted by molar-refractivity contribution is 9.10. The van der Waals surface area contributed by atoms with E-state index in [9.17, 15) is 4.79 Å². The lowest BCUT2D eigenvalue weighted by molar-refractivity contribution is 0.496. The van der Waals surface area contributed by atoms with Crippen LogP contribution in [0.1, 0.15) is 29.5 Å². The average Bonchev–Trinajstić information content (AvgIpc) is 3.13. The Morgan fingerprint density at radius 1 is 1.22 bits per heavy atom. The van der Waals surface area contributed by atoms with Gasteiger partial charge < -0.3 is 5.73 Å². The molecule has 0 saturated heterocycles. The third-order valence-corrected chi connectivity index (χ3v) is 5.72. The molecule has 23 heavy (non-hydrogen) atoms. The summed E-state index contributed by atoms with van der Waals surface area (Å²) >= 11 is 3.56. The van der Waals surface area contributed by atoms with Gasteiger partial charge in [0, 0.05) is 23.5 Å². The SMILES string of the molecule is Cn1c(N)nc([C@@H]2C3C=CC(C3)[C@H]2c2cccc(Br)c2)cc1=O. The van der Waals surface area contributed by atoms with Crippen LogP contribution < -0.4 is 11.3 Å². The molecule has 1 fully saturated rings.